The predicted octanol–water partition coefficient (Wildman–Crippen LogP) is 4.93. The van der Waals surface area contributed by atoms with E-state index in [1.807, 2.05) is 16.7 Å². The topological polar surface area (TPSA) is 53.5 Å². The first-order valence-electron chi connectivity index (χ1n) is 11.5. The molecule has 0 atom stereocenters. The van der Waals surface area contributed by atoms with E-state index >= 15 is 0 Å². The molecule has 2 aliphatic heterocycles. The van der Waals surface area contributed by atoms with Gasteiger partial charge in [-0.2, -0.15) is 0 Å². The molecule has 2 aromatic rings. The molecule has 2 saturated heterocycles. The van der Waals surface area contributed by atoms with Gasteiger partial charge in [-0.3, -0.25) is 9.59 Å². The highest BCUT2D eigenvalue weighted by Gasteiger charge is 2.29. The summed E-state index contributed by atoms with van der Waals surface area (Å²) in [5.41, 5.74) is 3.08. The summed E-state index contributed by atoms with van der Waals surface area (Å²) in [5, 5.41) is 0.900. The largest absolute Gasteiger partial charge is 0.343 e. The number of rotatable bonds is 4. The van der Waals surface area contributed by atoms with Gasteiger partial charge in [-0.15, -0.1) is 11.3 Å². The Morgan fingerprint density at radius 3 is 2.23 bits per heavy atom. The average Bonchev–Trinajstić information content (AvgIpc) is 3.16. The molecule has 31 heavy (non-hydrogen) atoms. The molecule has 3 heterocycles. The molecule has 1 aromatic carbocycles. The lowest BCUT2D eigenvalue weighted by atomic mass is 9.92. The van der Waals surface area contributed by atoms with Crippen molar-refractivity contribution in [2.45, 2.75) is 52.9 Å². The third-order valence-electron chi connectivity index (χ3n) is 6.79. The van der Waals surface area contributed by atoms with E-state index in [-0.39, 0.29) is 5.91 Å². The van der Waals surface area contributed by atoms with Crippen molar-refractivity contribution in [2.75, 3.05) is 26.2 Å². The van der Waals surface area contributed by atoms with E-state index in [9.17, 15) is 9.59 Å². The van der Waals surface area contributed by atoms with Gasteiger partial charge in [0.2, 0.25) is 5.91 Å². The first kappa shape index (κ1) is 22.0. The van der Waals surface area contributed by atoms with Crippen LogP contribution in [-0.4, -0.2) is 52.8 Å². The van der Waals surface area contributed by atoms with Gasteiger partial charge in [0.25, 0.3) is 5.91 Å². The summed E-state index contributed by atoms with van der Waals surface area (Å²) in [6, 6.07) is 8.27. The molecule has 1 aromatic heterocycles. The fraction of sp³-hybridized carbons (Fsp3) is 0.560. The minimum atomic E-state index is 0.0863. The van der Waals surface area contributed by atoms with Gasteiger partial charge in [0.15, 0.2) is 0 Å². The fourth-order valence-corrected chi connectivity index (χ4v) is 5.57. The molecule has 0 radical (unpaired) electrons. The number of likely N-dealkylation sites (tertiary alicyclic amines) is 2. The second-order valence-electron chi connectivity index (χ2n) is 9.30. The Hall–Kier alpha value is -2.21. The lowest BCUT2D eigenvalue weighted by molar-refractivity contribution is -0.133. The quantitative estimate of drug-likeness (QED) is 0.679. The molecule has 0 aliphatic carbocycles. The van der Waals surface area contributed by atoms with Crippen LogP contribution in [0, 0.1) is 25.7 Å². The zero-order valence-electron chi connectivity index (χ0n) is 18.9. The van der Waals surface area contributed by atoms with Crippen LogP contribution in [0.5, 0.6) is 0 Å². The number of hydrogen-bond acceptors (Lipinski definition) is 4. The summed E-state index contributed by atoms with van der Waals surface area (Å²) in [5.74, 6) is 1.52. The van der Waals surface area contributed by atoms with E-state index in [2.05, 4.69) is 43.1 Å². The van der Waals surface area contributed by atoms with Crippen LogP contribution in [0.25, 0.3) is 10.6 Å². The zero-order valence-corrected chi connectivity index (χ0v) is 19.7. The molecule has 2 amide bonds. The van der Waals surface area contributed by atoms with Crippen LogP contribution in [0.1, 0.15) is 60.0 Å². The number of nitrogens with zero attached hydrogens (tertiary/aromatic N) is 3. The van der Waals surface area contributed by atoms with Gasteiger partial charge in [-0.1, -0.05) is 36.8 Å². The maximum Gasteiger partial charge on any atom is 0.265 e. The van der Waals surface area contributed by atoms with Crippen molar-refractivity contribution in [1.29, 1.82) is 0 Å². The number of benzene rings is 1. The highest BCUT2D eigenvalue weighted by atomic mass is 32.1. The van der Waals surface area contributed by atoms with Crippen molar-refractivity contribution < 1.29 is 9.59 Å². The smallest absolute Gasteiger partial charge is 0.265 e. The summed E-state index contributed by atoms with van der Waals surface area (Å²) in [6.45, 7) is 9.53. The van der Waals surface area contributed by atoms with Crippen LogP contribution in [0.2, 0.25) is 0 Å². The molecule has 5 nitrogen and oxygen atoms in total. The molecule has 166 valence electrons. The lowest BCUT2D eigenvalue weighted by Gasteiger charge is -2.34. The van der Waals surface area contributed by atoms with E-state index in [1.165, 1.54) is 16.9 Å². The number of aromatic nitrogens is 1. The van der Waals surface area contributed by atoms with Gasteiger partial charge in [-0.25, -0.2) is 4.98 Å². The number of aryl methyl sites for hydroxylation is 2. The number of thiazole rings is 1. The van der Waals surface area contributed by atoms with E-state index in [0.29, 0.717) is 18.2 Å². The average molecular weight is 440 g/mol. The molecule has 0 spiro atoms. The van der Waals surface area contributed by atoms with Crippen LogP contribution in [-0.2, 0) is 4.79 Å². The van der Waals surface area contributed by atoms with Crippen molar-refractivity contribution in [3.8, 4) is 10.6 Å². The lowest BCUT2D eigenvalue weighted by Crippen LogP contribution is -2.42. The molecule has 6 heteroatoms. The van der Waals surface area contributed by atoms with Crippen molar-refractivity contribution in [3.05, 3.63) is 40.4 Å². The summed E-state index contributed by atoms with van der Waals surface area (Å²) < 4.78 is 0. The monoisotopic (exact) mass is 439 g/mol. The van der Waals surface area contributed by atoms with Gasteiger partial charge in [0.05, 0.1) is 5.69 Å². The minimum absolute atomic E-state index is 0.0863. The van der Waals surface area contributed by atoms with Gasteiger partial charge >= 0.3 is 0 Å². The molecule has 2 aliphatic rings. The molecule has 2 fully saturated rings. The molecular weight excluding hydrogens is 406 g/mol. The summed E-state index contributed by atoms with van der Waals surface area (Å²) >= 11 is 1.49. The predicted molar refractivity (Wildman–Crippen MR) is 125 cm³/mol. The number of amides is 2. The SMILES string of the molecule is Cc1ccc(-c2nc(C)c(C(=O)N3CCC(CC(=O)N4CCC(C)CC4)CC3)s2)cc1. The maximum absolute atomic E-state index is 13.1. The van der Waals surface area contributed by atoms with Crippen molar-refractivity contribution >= 4 is 23.2 Å². The second-order valence-corrected chi connectivity index (χ2v) is 10.3. The van der Waals surface area contributed by atoms with Gasteiger partial charge in [0, 0.05) is 38.2 Å². The molecule has 0 saturated carbocycles. The Bertz CT molecular complexity index is 921. The number of carbonyl (C=O) groups excluding carboxylic acids is 2. The van der Waals surface area contributed by atoms with Gasteiger partial charge < -0.3 is 9.80 Å². The summed E-state index contributed by atoms with van der Waals surface area (Å²) in [4.78, 5) is 35.2. The number of carbonyl (C=O) groups is 2. The molecule has 0 unspecified atom stereocenters. The molecule has 0 N–H and O–H groups in total. The second kappa shape index (κ2) is 9.51. The summed E-state index contributed by atoms with van der Waals surface area (Å²) in [7, 11) is 0. The Kier molecular flexibility index (Phi) is 6.75. The Morgan fingerprint density at radius 2 is 1.58 bits per heavy atom. The van der Waals surface area contributed by atoms with E-state index in [1.54, 1.807) is 0 Å². The maximum atomic E-state index is 13.1. The summed E-state index contributed by atoms with van der Waals surface area (Å²) in [6.07, 6.45) is 4.69. The first-order chi connectivity index (χ1) is 14.9. The van der Waals surface area contributed by atoms with E-state index in [0.717, 1.165) is 78.9 Å². The standard InChI is InChI=1S/C25H33N3O2S/c1-17-4-6-21(7-5-17)24-26-19(3)23(31-24)25(30)28-14-10-20(11-15-28)16-22(29)27-12-8-18(2)9-13-27/h4-7,18,20H,8-16H2,1-3H3. The van der Waals surface area contributed by atoms with Crippen LogP contribution >= 0.6 is 11.3 Å². The third-order valence-corrected chi connectivity index (χ3v) is 7.99. The zero-order chi connectivity index (χ0) is 22.0. The molecule has 0 bridgehead atoms. The number of hydrogen-bond donors (Lipinski definition) is 0. The van der Waals surface area contributed by atoms with Crippen molar-refractivity contribution in [1.82, 2.24) is 14.8 Å². The molecular formula is C25H33N3O2S. The highest BCUT2D eigenvalue weighted by Crippen LogP contribution is 2.31. The third kappa shape index (κ3) is 5.17. The van der Waals surface area contributed by atoms with E-state index < -0.39 is 0 Å². The minimum Gasteiger partial charge on any atom is -0.343 e. The Morgan fingerprint density at radius 1 is 0.968 bits per heavy atom. The van der Waals surface area contributed by atoms with Gasteiger partial charge in [0.1, 0.15) is 9.88 Å². The first-order valence-corrected chi connectivity index (χ1v) is 12.3. The van der Waals surface area contributed by atoms with Crippen molar-refractivity contribution in [2.24, 2.45) is 11.8 Å². The normalized spacial score (nSPS) is 18.4. The highest BCUT2D eigenvalue weighted by molar-refractivity contribution is 7.17. The van der Waals surface area contributed by atoms with Crippen LogP contribution in [0.15, 0.2) is 24.3 Å². The van der Waals surface area contributed by atoms with Crippen LogP contribution in [0.4, 0.5) is 0 Å². The fourth-order valence-electron chi connectivity index (χ4n) is 4.53. The number of piperidine rings is 2. The Labute approximate surface area is 189 Å². The Balaban J connectivity index is 1.32. The van der Waals surface area contributed by atoms with Gasteiger partial charge in [-0.05, 0) is 51.4 Å². The van der Waals surface area contributed by atoms with E-state index in [4.69, 9.17) is 0 Å². The van der Waals surface area contributed by atoms with Crippen LogP contribution < -0.4 is 0 Å². The van der Waals surface area contributed by atoms with Crippen LogP contribution in [0.3, 0.4) is 0 Å². The molecule has 4 rings (SSSR count). The van der Waals surface area contributed by atoms with Crippen molar-refractivity contribution in [3.63, 3.8) is 0 Å².